The summed E-state index contributed by atoms with van der Waals surface area (Å²) in [5.74, 6) is -0.0638. The Kier molecular flexibility index (Phi) is 6.75. The van der Waals surface area contributed by atoms with Gasteiger partial charge in [-0.1, -0.05) is 12.6 Å². The van der Waals surface area contributed by atoms with E-state index >= 15 is 0 Å². The van der Waals surface area contributed by atoms with Crippen molar-refractivity contribution in [2.24, 2.45) is 5.92 Å². The van der Waals surface area contributed by atoms with Gasteiger partial charge in [0, 0.05) is 17.9 Å². The first-order valence-corrected chi connectivity index (χ1v) is 12.5. The van der Waals surface area contributed by atoms with Crippen LogP contribution in [0.15, 0.2) is 73.8 Å². The van der Waals surface area contributed by atoms with Gasteiger partial charge in [0.05, 0.1) is 15.4 Å². The second kappa shape index (κ2) is 10.3. The molecule has 3 heterocycles. The molecule has 1 saturated heterocycles. The zero-order chi connectivity index (χ0) is 25.1. The van der Waals surface area contributed by atoms with Gasteiger partial charge in [-0.2, -0.15) is 5.10 Å². The molecule has 0 bridgehead atoms. The second-order valence-corrected chi connectivity index (χ2v) is 9.79. The fourth-order valence-corrected chi connectivity index (χ4v) is 4.99. The summed E-state index contributed by atoms with van der Waals surface area (Å²) in [7, 11) is 0. The predicted octanol–water partition coefficient (Wildman–Crippen LogP) is 4.76. The van der Waals surface area contributed by atoms with E-state index < -0.39 is 0 Å². The van der Waals surface area contributed by atoms with Crippen molar-refractivity contribution in [2.75, 3.05) is 23.7 Å². The van der Waals surface area contributed by atoms with Gasteiger partial charge in [-0.05, 0) is 91.0 Å². The van der Waals surface area contributed by atoms with Crippen molar-refractivity contribution < 1.29 is 9.59 Å². The maximum absolute atomic E-state index is 12.9. The third-order valence-corrected chi connectivity index (χ3v) is 7.34. The van der Waals surface area contributed by atoms with Crippen LogP contribution in [-0.4, -0.2) is 39.7 Å². The lowest BCUT2D eigenvalue weighted by Gasteiger charge is -2.15. The largest absolute Gasteiger partial charge is 0.321 e. The minimum absolute atomic E-state index is 0.245. The Morgan fingerprint density at radius 1 is 1.06 bits per heavy atom. The van der Waals surface area contributed by atoms with Crippen molar-refractivity contribution >= 4 is 40.1 Å². The molecule has 182 valence electrons. The molecule has 1 aliphatic heterocycles. The van der Waals surface area contributed by atoms with Gasteiger partial charge in [0.15, 0.2) is 0 Å². The highest BCUT2D eigenvalue weighted by Gasteiger charge is 2.20. The first-order chi connectivity index (χ1) is 17.5. The maximum Gasteiger partial charge on any atom is 0.265 e. The summed E-state index contributed by atoms with van der Waals surface area (Å²) in [6.45, 7) is 8.23. The molecule has 1 atom stereocenters. The number of nitrogens with one attached hydrogen (secondary N) is 3. The highest BCUT2D eigenvalue weighted by molar-refractivity contribution is 7.16. The summed E-state index contributed by atoms with van der Waals surface area (Å²) in [4.78, 5) is 30.4. The molecular formula is C27H26N6O2S. The van der Waals surface area contributed by atoms with E-state index in [9.17, 15) is 9.59 Å². The van der Waals surface area contributed by atoms with Gasteiger partial charge in [-0.3, -0.25) is 9.59 Å². The summed E-state index contributed by atoms with van der Waals surface area (Å²) >= 11 is 1.15. The Morgan fingerprint density at radius 3 is 2.44 bits per heavy atom. The summed E-state index contributed by atoms with van der Waals surface area (Å²) in [6.07, 6.45) is 4.16. The maximum atomic E-state index is 12.9. The van der Waals surface area contributed by atoms with Crippen LogP contribution in [0, 0.1) is 12.8 Å². The molecule has 2 aromatic heterocycles. The van der Waals surface area contributed by atoms with Crippen molar-refractivity contribution in [3.8, 4) is 5.69 Å². The molecular weight excluding hydrogens is 472 g/mol. The van der Waals surface area contributed by atoms with Crippen LogP contribution in [0.5, 0.6) is 0 Å². The Morgan fingerprint density at radius 2 is 1.81 bits per heavy atom. The minimum Gasteiger partial charge on any atom is -0.321 e. The second-order valence-electron chi connectivity index (χ2n) is 8.70. The van der Waals surface area contributed by atoms with Gasteiger partial charge >= 0.3 is 0 Å². The highest BCUT2D eigenvalue weighted by atomic mass is 32.1. The number of thiophene rings is 1. The molecule has 0 aliphatic carbocycles. The van der Waals surface area contributed by atoms with Crippen molar-refractivity contribution in [3.63, 3.8) is 0 Å². The van der Waals surface area contributed by atoms with Gasteiger partial charge < -0.3 is 16.0 Å². The summed E-state index contributed by atoms with van der Waals surface area (Å²) in [5, 5.41) is 13.3. The fraction of sp³-hybridized carbons (Fsp3) is 0.185. The lowest BCUT2D eigenvalue weighted by atomic mass is 9.92. The number of anilines is 2. The van der Waals surface area contributed by atoms with E-state index in [2.05, 4.69) is 38.7 Å². The predicted molar refractivity (Wildman–Crippen MR) is 143 cm³/mol. The number of aryl methyl sites for hydroxylation is 1. The van der Waals surface area contributed by atoms with Gasteiger partial charge in [0.2, 0.25) is 0 Å². The molecule has 0 unspecified atom stereocenters. The molecule has 1 aliphatic rings. The lowest BCUT2D eigenvalue weighted by Crippen LogP contribution is -2.12. The number of carbonyl (C=O) groups is 2. The molecule has 1 fully saturated rings. The number of aromatic nitrogens is 3. The standard InChI is InChI=1S/C27H26N6O2S/c1-17-13-19(18(2)20-11-12-28-14-20)3-8-23(17)32-27(35)25-10-9-24(36-25)26(34)31-21-4-6-22(7-5-21)33-16-29-15-30-33/h3-10,13,15-16,20,28H,2,11-12,14H2,1H3,(H,31,34)(H,32,35)/t20-/m0/s1. The average molecular weight is 499 g/mol. The number of benzene rings is 2. The van der Waals surface area contributed by atoms with Crippen molar-refractivity contribution in [1.82, 2.24) is 20.1 Å². The van der Waals surface area contributed by atoms with Crippen LogP contribution in [0.4, 0.5) is 11.4 Å². The van der Waals surface area contributed by atoms with Gasteiger partial charge in [0.25, 0.3) is 11.8 Å². The molecule has 4 aromatic rings. The number of amides is 2. The number of nitrogens with zero attached hydrogens (tertiary/aromatic N) is 3. The van der Waals surface area contributed by atoms with E-state index in [1.807, 2.05) is 31.2 Å². The van der Waals surface area contributed by atoms with Crippen molar-refractivity contribution in [1.29, 1.82) is 0 Å². The Balaban J connectivity index is 1.21. The molecule has 8 nitrogen and oxygen atoms in total. The lowest BCUT2D eigenvalue weighted by molar-refractivity contribution is 0.102. The topological polar surface area (TPSA) is 101 Å². The van der Waals surface area contributed by atoms with E-state index in [4.69, 9.17) is 0 Å². The first-order valence-electron chi connectivity index (χ1n) is 11.7. The minimum atomic E-state index is -0.270. The van der Waals surface area contributed by atoms with Gasteiger partial charge in [0.1, 0.15) is 12.7 Å². The van der Waals surface area contributed by atoms with E-state index in [1.54, 1.807) is 35.3 Å². The van der Waals surface area contributed by atoms with Crippen molar-refractivity contribution in [3.05, 3.63) is 94.7 Å². The van der Waals surface area contributed by atoms with Gasteiger partial charge in [-0.25, -0.2) is 9.67 Å². The highest BCUT2D eigenvalue weighted by Crippen LogP contribution is 2.29. The van der Waals surface area contributed by atoms with E-state index in [1.165, 1.54) is 6.33 Å². The average Bonchev–Trinajstić information content (AvgIpc) is 3.68. The third-order valence-electron chi connectivity index (χ3n) is 6.26. The molecule has 0 spiro atoms. The van der Waals surface area contributed by atoms with Crippen LogP contribution in [0.25, 0.3) is 11.3 Å². The Bertz CT molecular complexity index is 1400. The fourth-order valence-electron chi connectivity index (χ4n) is 4.19. The van der Waals surface area contributed by atoms with Crippen LogP contribution < -0.4 is 16.0 Å². The summed E-state index contributed by atoms with van der Waals surface area (Å²) in [5.41, 5.74) is 5.43. The van der Waals surface area contributed by atoms with Crippen molar-refractivity contribution in [2.45, 2.75) is 13.3 Å². The van der Waals surface area contributed by atoms with Crippen LogP contribution in [0.1, 0.15) is 36.9 Å². The van der Waals surface area contributed by atoms with Crippen LogP contribution in [-0.2, 0) is 0 Å². The van der Waals surface area contributed by atoms with Crippen LogP contribution in [0.2, 0.25) is 0 Å². The molecule has 0 saturated carbocycles. The molecule has 2 amide bonds. The molecule has 5 rings (SSSR count). The van der Waals surface area contributed by atoms with Crippen LogP contribution >= 0.6 is 11.3 Å². The molecule has 2 aromatic carbocycles. The van der Waals surface area contributed by atoms with E-state index in [0.717, 1.165) is 58.9 Å². The smallest absolute Gasteiger partial charge is 0.265 e. The number of hydrogen-bond donors (Lipinski definition) is 3. The van der Waals surface area contributed by atoms with Crippen LogP contribution in [0.3, 0.4) is 0 Å². The van der Waals surface area contributed by atoms with Gasteiger partial charge in [-0.15, -0.1) is 11.3 Å². The Labute approximate surface area is 213 Å². The number of hydrogen-bond acceptors (Lipinski definition) is 6. The normalized spacial score (nSPS) is 15.0. The Hall–Kier alpha value is -4.08. The molecule has 9 heteroatoms. The molecule has 0 radical (unpaired) electrons. The first kappa shape index (κ1) is 23.7. The monoisotopic (exact) mass is 498 g/mol. The molecule has 36 heavy (non-hydrogen) atoms. The van der Waals surface area contributed by atoms with E-state index in [0.29, 0.717) is 21.4 Å². The summed E-state index contributed by atoms with van der Waals surface area (Å²) in [6, 6.07) is 16.6. The summed E-state index contributed by atoms with van der Waals surface area (Å²) < 4.78 is 1.63. The molecule has 3 N–H and O–H groups in total. The zero-order valence-corrected chi connectivity index (χ0v) is 20.6. The van der Waals surface area contributed by atoms with E-state index in [-0.39, 0.29) is 11.8 Å². The zero-order valence-electron chi connectivity index (χ0n) is 19.8. The SMILES string of the molecule is C=C(c1ccc(NC(=O)c2ccc(C(=O)Nc3ccc(-n4cncn4)cc3)s2)c(C)c1)[C@H]1CCNC1. The third kappa shape index (κ3) is 5.12. The number of rotatable bonds is 7. The number of carbonyl (C=O) groups excluding carboxylic acids is 2. The quantitative estimate of drug-likeness (QED) is 0.341.